The van der Waals surface area contributed by atoms with Crippen molar-refractivity contribution in [2.24, 2.45) is 5.73 Å². The fraction of sp³-hybridized carbons (Fsp3) is 0.276. The number of ether oxygens (including phenoxy) is 1. The standard InChI is InChI=1S/C20H19F2N5O3S.C8H8O2.CH5N/c21-17(22)19-25-24-18(30-19)14-6-7-15(23-12-14)13-27(16-4-2-1-3-5-16)20(28)26-8-10-31(29)11-9-26;9-7-10-6-8-4-2-1-3-5-8;1-2/h1-7,12,17H,8-11,13H2;1-5,7H,6H2;2H2,1H3. The maximum Gasteiger partial charge on any atom is 0.324 e. The van der Waals surface area contributed by atoms with E-state index < -0.39 is 23.1 Å². The van der Waals surface area contributed by atoms with Crippen molar-refractivity contribution in [3.63, 3.8) is 0 Å². The van der Waals surface area contributed by atoms with E-state index in [-0.39, 0.29) is 18.5 Å². The molecule has 0 radical (unpaired) electrons. The van der Waals surface area contributed by atoms with Crippen LogP contribution in [0.15, 0.2) is 83.4 Å². The first-order chi connectivity index (χ1) is 20.9. The predicted molar refractivity (Wildman–Crippen MR) is 157 cm³/mol. The molecular weight excluding hydrogens is 582 g/mol. The first kappa shape index (κ1) is 32.9. The number of hydrogen-bond acceptors (Lipinski definition) is 9. The average Bonchev–Trinajstić information content (AvgIpc) is 3.56. The van der Waals surface area contributed by atoms with E-state index in [9.17, 15) is 22.6 Å². The first-order valence-corrected chi connectivity index (χ1v) is 14.6. The third kappa shape index (κ3) is 10.0. The van der Waals surface area contributed by atoms with Gasteiger partial charge in [-0.3, -0.25) is 18.9 Å². The predicted octanol–water partition coefficient (Wildman–Crippen LogP) is 4.19. The molecule has 11 nitrogen and oxygen atoms in total. The highest BCUT2D eigenvalue weighted by molar-refractivity contribution is 7.85. The molecule has 1 aliphatic heterocycles. The van der Waals surface area contributed by atoms with Crippen molar-refractivity contribution < 1.29 is 31.7 Å². The van der Waals surface area contributed by atoms with Crippen LogP contribution in [0.2, 0.25) is 0 Å². The number of rotatable bonds is 8. The maximum atomic E-state index is 13.2. The molecule has 2 aromatic carbocycles. The van der Waals surface area contributed by atoms with Gasteiger partial charge in [-0.25, -0.2) is 4.79 Å². The highest BCUT2D eigenvalue weighted by atomic mass is 32.2. The minimum absolute atomic E-state index is 0.0494. The van der Waals surface area contributed by atoms with E-state index >= 15 is 0 Å². The number of amides is 2. The van der Waals surface area contributed by atoms with Crippen molar-refractivity contribution in [1.29, 1.82) is 0 Å². The second-order valence-corrected chi connectivity index (χ2v) is 10.4. The molecule has 0 bridgehead atoms. The Hall–Kier alpha value is -4.56. The summed E-state index contributed by atoms with van der Waals surface area (Å²) in [5, 5.41) is 6.92. The van der Waals surface area contributed by atoms with Crippen LogP contribution in [0.4, 0.5) is 19.3 Å². The summed E-state index contributed by atoms with van der Waals surface area (Å²) in [7, 11) is 0.613. The quantitative estimate of drug-likeness (QED) is 0.289. The maximum absolute atomic E-state index is 13.2. The normalized spacial score (nSPS) is 12.8. The summed E-state index contributed by atoms with van der Waals surface area (Å²) in [6.45, 7) is 1.89. The van der Waals surface area contributed by atoms with Crippen molar-refractivity contribution in [2.75, 3.05) is 36.5 Å². The van der Waals surface area contributed by atoms with E-state index in [0.717, 1.165) is 5.56 Å². The number of alkyl halides is 2. The first-order valence-electron chi connectivity index (χ1n) is 13.1. The Balaban J connectivity index is 0.000000356. The lowest BCUT2D eigenvalue weighted by atomic mass is 10.2. The van der Waals surface area contributed by atoms with Gasteiger partial charge in [0.25, 0.3) is 12.4 Å². The van der Waals surface area contributed by atoms with Crippen molar-refractivity contribution >= 4 is 29.0 Å². The highest BCUT2D eigenvalue weighted by Gasteiger charge is 2.26. The highest BCUT2D eigenvalue weighted by Crippen LogP contribution is 2.24. The molecule has 1 fully saturated rings. The van der Waals surface area contributed by atoms with Crippen LogP contribution in [0.25, 0.3) is 11.5 Å². The molecule has 2 amide bonds. The molecular formula is C29H32F2N6O5S. The molecule has 0 atom stereocenters. The number of aromatic nitrogens is 3. The van der Waals surface area contributed by atoms with Crippen LogP contribution in [-0.4, -0.2) is 68.4 Å². The van der Waals surface area contributed by atoms with Crippen LogP contribution >= 0.6 is 0 Å². The molecule has 0 saturated carbocycles. The Kier molecular flexibility index (Phi) is 13.3. The van der Waals surface area contributed by atoms with E-state index in [1.54, 1.807) is 21.9 Å². The van der Waals surface area contributed by atoms with Crippen LogP contribution < -0.4 is 10.6 Å². The molecule has 0 spiro atoms. The number of halogens is 2. The minimum atomic E-state index is -2.84. The zero-order valence-corrected chi connectivity index (χ0v) is 24.2. The van der Waals surface area contributed by atoms with Gasteiger partial charge in [0, 0.05) is 47.3 Å². The third-order valence-corrected chi connectivity index (χ3v) is 7.20. The molecule has 3 heterocycles. The zero-order chi connectivity index (χ0) is 31.0. The van der Waals surface area contributed by atoms with Crippen LogP contribution in [0, 0.1) is 0 Å². The second-order valence-electron chi connectivity index (χ2n) is 8.72. The number of carbonyl (C=O) groups excluding carboxylic acids is 2. The van der Waals surface area contributed by atoms with Crippen molar-refractivity contribution in [3.05, 3.63) is 96.1 Å². The van der Waals surface area contributed by atoms with Crippen molar-refractivity contribution in [3.8, 4) is 11.5 Å². The van der Waals surface area contributed by atoms with E-state index in [1.165, 1.54) is 13.2 Å². The summed E-state index contributed by atoms with van der Waals surface area (Å²) >= 11 is 0. The molecule has 4 aromatic rings. The van der Waals surface area contributed by atoms with Crippen LogP contribution in [0.3, 0.4) is 0 Å². The van der Waals surface area contributed by atoms with Crippen molar-refractivity contribution in [1.82, 2.24) is 20.1 Å². The Labute approximate surface area is 250 Å². The van der Waals surface area contributed by atoms with E-state index in [0.29, 0.717) is 54.6 Å². The number of carbonyl (C=O) groups is 2. The summed E-state index contributed by atoms with van der Waals surface area (Å²) in [6, 6.07) is 21.9. The Morgan fingerprint density at radius 2 is 1.70 bits per heavy atom. The number of nitrogens with zero attached hydrogens (tertiary/aromatic N) is 5. The molecule has 43 heavy (non-hydrogen) atoms. The number of pyridine rings is 1. The molecule has 2 aromatic heterocycles. The van der Waals surface area contributed by atoms with Gasteiger partial charge in [-0.1, -0.05) is 48.5 Å². The summed E-state index contributed by atoms with van der Waals surface area (Å²) < 4.78 is 46.4. The molecule has 2 N–H and O–H groups in total. The summed E-state index contributed by atoms with van der Waals surface area (Å²) in [5.74, 6) is 0.132. The molecule has 14 heteroatoms. The molecule has 5 rings (SSSR count). The van der Waals surface area contributed by atoms with Gasteiger partial charge < -0.3 is 19.8 Å². The lowest BCUT2D eigenvalue weighted by molar-refractivity contribution is -0.129. The van der Waals surface area contributed by atoms with E-state index in [4.69, 9.17) is 4.42 Å². The zero-order valence-electron chi connectivity index (χ0n) is 23.4. The van der Waals surface area contributed by atoms with E-state index in [2.05, 4.69) is 25.7 Å². The average molecular weight is 615 g/mol. The number of para-hydroxylation sites is 1. The lowest BCUT2D eigenvalue weighted by Gasteiger charge is -2.32. The van der Waals surface area contributed by atoms with Gasteiger partial charge in [0.15, 0.2) is 0 Å². The van der Waals surface area contributed by atoms with Crippen LogP contribution in [-0.2, 0) is 33.5 Å². The number of nitrogens with two attached hydrogens (primary N) is 1. The Morgan fingerprint density at radius 3 is 2.26 bits per heavy atom. The topological polar surface area (TPSA) is 145 Å². The van der Waals surface area contributed by atoms with Gasteiger partial charge in [-0.05, 0) is 36.9 Å². The van der Waals surface area contributed by atoms with Gasteiger partial charge in [0.1, 0.15) is 6.61 Å². The second kappa shape index (κ2) is 17.4. The van der Waals surface area contributed by atoms with Gasteiger partial charge >= 0.3 is 12.5 Å². The summed E-state index contributed by atoms with van der Waals surface area (Å²) in [6.07, 6.45) is -1.40. The molecule has 0 aliphatic carbocycles. The fourth-order valence-corrected chi connectivity index (χ4v) is 4.88. The number of anilines is 1. The molecule has 1 saturated heterocycles. The van der Waals surface area contributed by atoms with E-state index in [1.807, 2.05) is 60.7 Å². The molecule has 1 aliphatic rings. The van der Waals surface area contributed by atoms with Gasteiger partial charge in [0.05, 0.1) is 17.8 Å². The number of benzene rings is 2. The van der Waals surface area contributed by atoms with Crippen LogP contribution in [0.1, 0.15) is 23.6 Å². The third-order valence-electron chi connectivity index (χ3n) is 5.93. The Morgan fingerprint density at radius 1 is 1.05 bits per heavy atom. The van der Waals surface area contributed by atoms with Gasteiger partial charge in [0.2, 0.25) is 5.89 Å². The van der Waals surface area contributed by atoms with Gasteiger partial charge in [-0.15, -0.1) is 10.2 Å². The Bertz CT molecular complexity index is 1420. The number of hydrogen-bond donors (Lipinski definition) is 1. The fourth-order valence-electron chi connectivity index (χ4n) is 3.83. The van der Waals surface area contributed by atoms with Crippen molar-refractivity contribution in [2.45, 2.75) is 19.6 Å². The van der Waals surface area contributed by atoms with Crippen LogP contribution in [0.5, 0.6) is 0 Å². The lowest BCUT2D eigenvalue weighted by Crippen LogP contribution is -2.48. The molecule has 0 unspecified atom stereocenters. The summed E-state index contributed by atoms with van der Waals surface area (Å²) in [4.78, 5) is 30.6. The molecule has 228 valence electrons. The SMILES string of the molecule is CN.O=C(N1CCS(=O)CC1)N(Cc1ccc(-c2nnc(C(F)F)o2)cn1)c1ccccc1.O=COCc1ccccc1. The minimum Gasteiger partial charge on any atom is -0.463 e. The summed E-state index contributed by atoms with van der Waals surface area (Å²) in [5.41, 5.74) is 7.22. The monoisotopic (exact) mass is 614 g/mol. The smallest absolute Gasteiger partial charge is 0.324 e. The van der Waals surface area contributed by atoms with Gasteiger partial charge in [-0.2, -0.15) is 8.78 Å². The number of urea groups is 1. The largest absolute Gasteiger partial charge is 0.463 e.